The van der Waals surface area contributed by atoms with Gasteiger partial charge >= 0.3 is 0 Å². The van der Waals surface area contributed by atoms with Crippen LogP contribution in [0.1, 0.15) is 0 Å². The molecule has 0 aliphatic rings. The third kappa shape index (κ3) is 2.83. The van der Waals surface area contributed by atoms with Gasteiger partial charge in [-0.05, 0) is 12.1 Å². The van der Waals surface area contributed by atoms with Crippen LogP contribution in [0.2, 0.25) is 5.02 Å². The standard InChI is InChI=1S/C9H11ClFNO2/c10-7-2-1-3-8(9(7)11)14-5-6(13)4-12/h1-3,6,13H,4-5,12H2/t6-/m1/s1. The number of hydrogen-bond acceptors (Lipinski definition) is 3. The van der Waals surface area contributed by atoms with Gasteiger partial charge in [0.25, 0.3) is 0 Å². The summed E-state index contributed by atoms with van der Waals surface area (Å²) in [4.78, 5) is 0. The number of rotatable bonds is 4. The summed E-state index contributed by atoms with van der Waals surface area (Å²) in [5.74, 6) is -0.608. The van der Waals surface area contributed by atoms with Crippen molar-refractivity contribution in [1.82, 2.24) is 0 Å². The second-order valence-corrected chi connectivity index (χ2v) is 3.16. The molecule has 3 N–H and O–H groups in total. The van der Waals surface area contributed by atoms with Crippen molar-refractivity contribution in [3.05, 3.63) is 29.0 Å². The highest BCUT2D eigenvalue weighted by Gasteiger charge is 2.09. The molecular weight excluding hydrogens is 209 g/mol. The van der Waals surface area contributed by atoms with Gasteiger partial charge in [-0.1, -0.05) is 17.7 Å². The molecule has 5 heteroatoms. The predicted octanol–water partition coefficient (Wildman–Crippen LogP) is 1.18. The zero-order valence-electron chi connectivity index (χ0n) is 7.41. The van der Waals surface area contributed by atoms with Crippen LogP contribution >= 0.6 is 11.6 Å². The van der Waals surface area contributed by atoms with E-state index >= 15 is 0 Å². The predicted molar refractivity (Wildman–Crippen MR) is 52.0 cm³/mol. The van der Waals surface area contributed by atoms with Gasteiger partial charge in [-0.2, -0.15) is 0 Å². The molecule has 3 nitrogen and oxygen atoms in total. The lowest BCUT2D eigenvalue weighted by Crippen LogP contribution is -2.26. The van der Waals surface area contributed by atoms with Gasteiger partial charge in [0.2, 0.25) is 0 Å². The summed E-state index contributed by atoms with van der Waals surface area (Å²) < 4.78 is 18.2. The van der Waals surface area contributed by atoms with E-state index in [0.717, 1.165) is 0 Å². The highest BCUT2D eigenvalue weighted by atomic mass is 35.5. The van der Waals surface area contributed by atoms with Gasteiger partial charge in [0, 0.05) is 6.54 Å². The molecule has 0 heterocycles. The summed E-state index contributed by atoms with van der Waals surface area (Å²) in [6, 6.07) is 4.42. The summed E-state index contributed by atoms with van der Waals surface area (Å²) in [5.41, 5.74) is 5.15. The van der Waals surface area contributed by atoms with E-state index in [9.17, 15) is 4.39 Å². The van der Waals surface area contributed by atoms with Crippen LogP contribution in [0.4, 0.5) is 4.39 Å². The van der Waals surface area contributed by atoms with E-state index in [-0.39, 0.29) is 23.9 Å². The van der Waals surface area contributed by atoms with Crippen LogP contribution in [0.15, 0.2) is 18.2 Å². The van der Waals surface area contributed by atoms with Crippen molar-refractivity contribution in [2.75, 3.05) is 13.2 Å². The van der Waals surface area contributed by atoms with E-state index in [1.807, 2.05) is 0 Å². The fourth-order valence-electron chi connectivity index (χ4n) is 0.850. The molecule has 1 atom stereocenters. The van der Waals surface area contributed by atoms with Gasteiger partial charge < -0.3 is 15.6 Å². The molecule has 78 valence electrons. The Labute approximate surface area is 86.2 Å². The zero-order valence-corrected chi connectivity index (χ0v) is 8.17. The summed E-state index contributed by atoms with van der Waals surface area (Å²) in [6.07, 6.45) is -0.798. The minimum absolute atomic E-state index is 0.00950. The summed E-state index contributed by atoms with van der Waals surface area (Å²) >= 11 is 5.52. The van der Waals surface area contributed by atoms with E-state index in [2.05, 4.69) is 0 Å². The van der Waals surface area contributed by atoms with Crippen LogP contribution in [0.5, 0.6) is 5.75 Å². The molecular formula is C9H11ClFNO2. The number of benzene rings is 1. The minimum Gasteiger partial charge on any atom is -0.488 e. The second kappa shape index (κ2) is 5.14. The van der Waals surface area contributed by atoms with Crippen molar-refractivity contribution in [2.45, 2.75) is 6.10 Å². The number of ether oxygens (including phenoxy) is 1. The molecule has 0 aliphatic heterocycles. The van der Waals surface area contributed by atoms with E-state index in [0.29, 0.717) is 0 Å². The Morgan fingerprint density at radius 1 is 1.57 bits per heavy atom. The zero-order chi connectivity index (χ0) is 10.6. The maximum absolute atomic E-state index is 13.2. The Hall–Kier alpha value is -0.840. The topological polar surface area (TPSA) is 55.5 Å². The van der Waals surface area contributed by atoms with Gasteiger partial charge in [-0.15, -0.1) is 0 Å². The lowest BCUT2D eigenvalue weighted by Gasteiger charge is -2.10. The SMILES string of the molecule is NC[C@@H](O)COc1cccc(Cl)c1F. The first-order valence-electron chi connectivity index (χ1n) is 4.10. The van der Waals surface area contributed by atoms with Crippen LogP contribution in [-0.4, -0.2) is 24.4 Å². The largest absolute Gasteiger partial charge is 0.488 e. The molecule has 0 fully saturated rings. The second-order valence-electron chi connectivity index (χ2n) is 2.75. The first kappa shape index (κ1) is 11.2. The third-order valence-corrected chi connectivity index (χ3v) is 1.91. The molecule has 1 aromatic rings. The molecule has 1 rings (SSSR count). The maximum Gasteiger partial charge on any atom is 0.183 e. The van der Waals surface area contributed by atoms with Crippen LogP contribution < -0.4 is 10.5 Å². The lowest BCUT2D eigenvalue weighted by molar-refractivity contribution is 0.112. The number of aliphatic hydroxyl groups is 1. The normalized spacial score (nSPS) is 12.6. The molecule has 14 heavy (non-hydrogen) atoms. The Balaban J connectivity index is 2.63. The Bertz CT molecular complexity index is 309. The van der Waals surface area contributed by atoms with Gasteiger partial charge in [0.1, 0.15) is 12.7 Å². The quantitative estimate of drug-likeness (QED) is 0.800. The van der Waals surface area contributed by atoms with Crippen LogP contribution in [-0.2, 0) is 0 Å². The first-order valence-corrected chi connectivity index (χ1v) is 4.48. The fraction of sp³-hybridized carbons (Fsp3) is 0.333. The van der Waals surface area contributed by atoms with E-state index in [1.165, 1.54) is 12.1 Å². The molecule has 0 radical (unpaired) electrons. The third-order valence-electron chi connectivity index (χ3n) is 1.62. The number of nitrogens with two attached hydrogens (primary N) is 1. The average molecular weight is 220 g/mol. The van der Waals surface area contributed by atoms with Crippen molar-refractivity contribution < 1.29 is 14.2 Å². The summed E-state index contributed by atoms with van der Waals surface area (Å²) in [5, 5.41) is 9.06. The number of halogens is 2. The Morgan fingerprint density at radius 2 is 2.29 bits per heavy atom. The first-order chi connectivity index (χ1) is 6.65. The van der Waals surface area contributed by atoms with Crippen LogP contribution in [0.25, 0.3) is 0 Å². The van der Waals surface area contributed by atoms with Crippen molar-refractivity contribution in [3.8, 4) is 5.75 Å². The van der Waals surface area contributed by atoms with Crippen molar-refractivity contribution in [3.63, 3.8) is 0 Å². The molecule has 0 saturated carbocycles. The van der Waals surface area contributed by atoms with Crippen LogP contribution in [0, 0.1) is 5.82 Å². The van der Waals surface area contributed by atoms with E-state index in [1.54, 1.807) is 6.07 Å². The Morgan fingerprint density at radius 3 is 2.93 bits per heavy atom. The highest BCUT2D eigenvalue weighted by molar-refractivity contribution is 6.30. The molecule has 0 unspecified atom stereocenters. The number of hydrogen-bond donors (Lipinski definition) is 2. The molecule has 1 aromatic carbocycles. The Kier molecular flexibility index (Phi) is 4.13. The van der Waals surface area contributed by atoms with Crippen molar-refractivity contribution >= 4 is 11.6 Å². The smallest absolute Gasteiger partial charge is 0.183 e. The summed E-state index contributed by atoms with van der Waals surface area (Å²) in [6.45, 7) is 0.0238. The lowest BCUT2D eigenvalue weighted by atomic mass is 10.3. The molecule has 0 amide bonds. The van der Waals surface area contributed by atoms with Crippen molar-refractivity contribution in [2.24, 2.45) is 5.73 Å². The van der Waals surface area contributed by atoms with E-state index in [4.69, 9.17) is 27.2 Å². The molecule has 0 spiro atoms. The number of aliphatic hydroxyl groups excluding tert-OH is 1. The van der Waals surface area contributed by atoms with Gasteiger partial charge in [0.15, 0.2) is 11.6 Å². The molecule has 0 aromatic heterocycles. The fourth-order valence-corrected chi connectivity index (χ4v) is 1.02. The van der Waals surface area contributed by atoms with Crippen molar-refractivity contribution in [1.29, 1.82) is 0 Å². The summed E-state index contributed by atoms with van der Waals surface area (Å²) in [7, 11) is 0. The van der Waals surface area contributed by atoms with Gasteiger partial charge in [-0.25, -0.2) is 4.39 Å². The van der Waals surface area contributed by atoms with E-state index < -0.39 is 11.9 Å². The minimum atomic E-state index is -0.798. The van der Waals surface area contributed by atoms with Gasteiger partial charge in [0.05, 0.1) is 5.02 Å². The molecule has 0 saturated heterocycles. The highest BCUT2D eigenvalue weighted by Crippen LogP contribution is 2.23. The molecule has 0 bridgehead atoms. The molecule has 0 aliphatic carbocycles. The average Bonchev–Trinajstić information content (AvgIpc) is 2.20. The van der Waals surface area contributed by atoms with Gasteiger partial charge in [-0.3, -0.25) is 0 Å². The van der Waals surface area contributed by atoms with Crippen LogP contribution in [0.3, 0.4) is 0 Å². The maximum atomic E-state index is 13.2. The monoisotopic (exact) mass is 219 g/mol.